The van der Waals surface area contributed by atoms with E-state index in [9.17, 15) is 9.90 Å². The van der Waals surface area contributed by atoms with Crippen molar-refractivity contribution in [1.29, 1.82) is 0 Å². The highest BCUT2D eigenvalue weighted by atomic mass is 32.1. The maximum absolute atomic E-state index is 12.0. The molecule has 0 aromatic carbocycles. The second kappa shape index (κ2) is 4.20. The van der Waals surface area contributed by atoms with E-state index in [0.717, 1.165) is 0 Å². The normalized spacial score (nSPS) is 20.7. The first-order valence-electron chi connectivity index (χ1n) is 4.81. The van der Waals surface area contributed by atoms with Crippen LogP contribution in [0.3, 0.4) is 0 Å². The summed E-state index contributed by atoms with van der Waals surface area (Å²) in [6.45, 7) is 1.06. The van der Waals surface area contributed by atoms with Gasteiger partial charge in [-0.05, 0) is 17.9 Å². The summed E-state index contributed by atoms with van der Waals surface area (Å²) in [7, 11) is 1.55. The molecule has 82 valence electrons. The summed E-state index contributed by atoms with van der Waals surface area (Å²) in [6.07, 6.45) is 0.291. The van der Waals surface area contributed by atoms with E-state index in [1.807, 2.05) is 5.38 Å². The van der Waals surface area contributed by atoms with Crippen LogP contribution in [0.5, 0.6) is 5.75 Å². The Bertz CT molecular complexity index is 363. The average Bonchev–Trinajstić information content (AvgIpc) is 2.84. The quantitative estimate of drug-likeness (QED) is 0.818. The van der Waals surface area contributed by atoms with Gasteiger partial charge in [-0.3, -0.25) is 4.79 Å². The van der Waals surface area contributed by atoms with Crippen LogP contribution in [0.1, 0.15) is 16.1 Å². The number of methoxy groups -OCH3 is 1. The molecule has 1 aliphatic heterocycles. The first kappa shape index (κ1) is 10.4. The molecule has 0 bridgehead atoms. The Morgan fingerprint density at radius 3 is 3.13 bits per heavy atom. The number of amides is 1. The molecule has 1 saturated heterocycles. The number of aliphatic hydroxyl groups excluding tert-OH is 1. The van der Waals surface area contributed by atoms with Gasteiger partial charge in [0.2, 0.25) is 0 Å². The van der Waals surface area contributed by atoms with Crippen molar-refractivity contribution >= 4 is 17.2 Å². The lowest BCUT2D eigenvalue weighted by atomic mass is 10.3. The third-order valence-electron chi connectivity index (χ3n) is 2.49. The second-order valence-corrected chi connectivity index (χ2v) is 4.43. The molecule has 1 atom stereocenters. The molecular formula is C10H13NO3S. The maximum Gasteiger partial charge on any atom is 0.267 e. The number of aliphatic hydroxyl groups is 1. The van der Waals surface area contributed by atoms with Crippen molar-refractivity contribution in [3.8, 4) is 5.75 Å². The lowest BCUT2D eigenvalue weighted by Gasteiger charge is -2.14. The molecule has 1 unspecified atom stereocenters. The standard InChI is InChI=1S/C10H13NO3S/c1-14-8-3-5-15-9(8)10(13)11-4-2-7(12)6-11/h3,5,7,12H,2,4,6H2,1H3. The number of carbonyl (C=O) groups excluding carboxylic acids is 1. The Morgan fingerprint density at radius 1 is 1.73 bits per heavy atom. The molecule has 2 rings (SSSR count). The van der Waals surface area contributed by atoms with E-state index in [4.69, 9.17) is 4.74 Å². The van der Waals surface area contributed by atoms with Crippen LogP contribution >= 0.6 is 11.3 Å². The molecule has 15 heavy (non-hydrogen) atoms. The molecule has 4 nitrogen and oxygen atoms in total. The van der Waals surface area contributed by atoms with Crippen LogP contribution in [0.15, 0.2) is 11.4 Å². The molecule has 1 fully saturated rings. The number of thiophene rings is 1. The third-order valence-corrected chi connectivity index (χ3v) is 3.38. The molecule has 2 heterocycles. The number of likely N-dealkylation sites (tertiary alicyclic amines) is 1. The number of ether oxygens (including phenoxy) is 1. The van der Waals surface area contributed by atoms with Gasteiger partial charge in [-0.25, -0.2) is 0 Å². The van der Waals surface area contributed by atoms with Crippen LogP contribution in [-0.2, 0) is 0 Å². The zero-order valence-corrected chi connectivity index (χ0v) is 9.29. The van der Waals surface area contributed by atoms with Gasteiger partial charge in [0, 0.05) is 13.1 Å². The van der Waals surface area contributed by atoms with Gasteiger partial charge in [-0.2, -0.15) is 0 Å². The van der Waals surface area contributed by atoms with Gasteiger partial charge in [-0.1, -0.05) is 0 Å². The number of β-amino-alcohol motifs (C(OH)–C–C–N with tert-alkyl or cyclic N) is 1. The molecule has 1 amide bonds. The highest BCUT2D eigenvalue weighted by molar-refractivity contribution is 7.12. The van der Waals surface area contributed by atoms with E-state index < -0.39 is 0 Å². The SMILES string of the molecule is COc1ccsc1C(=O)N1CCC(O)C1. The van der Waals surface area contributed by atoms with Crippen molar-refractivity contribution in [2.24, 2.45) is 0 Å². The zero-order chi connectivity index (χ0) is 10.8. The van der Waals surface area contributed by atoms with E-state index in [0.29, 0.717) is 30.1 Å². The van der Waals surface area contributed by atoms with Crippen LogP contribution in [0, 0.1) is 0 Å². The summed E-state index contributed by atoms with van der Waals surface area (Å²) in [5.74, 6) is 0.574. The summed E-state index contributed by atoms with van der Waals surface area (Å²) in [6, 6.07) is 1.78. The van der Waals surface area contributed by atoms with Gasteiger partial charge in [0.25, 0.3) is 5.91 Å². The third kappa shape index (κ3) is 1.98. The highest BCUT2D eigenvalue weighted by Gasteiger charge is 2.27. The van der Waals surface area contributed by atoms with Crippen molar-refractivity contribution in [2.75, 3.05) is 20.2 Å². The van der Waals surface area contributed by atoms with Crippen molar-refractivity contribution in [3.05, 3.63) is 16.3 Å². The minimum atomic E-state index is -0.375. The second-order valence-electron chi connectivity index (χ2n) is 3.51. The van der Waals surface area contributed by atoms with Crippen LogP contribution in [0.25, 0.3) is 0 Å². The average molecular weight is 227 g/mol. The molecule has 0 aliphatic carbocycles. The maximum atomic E-state index is 12.0. The Kier molecular flexibility index (Phi) is 2.93. The molecule has 0 saturated carbocycles. The van der Waals surface area contributed by atoms with Crippen molar-refractivity contribution in [2.45, 2.75) is 12.5 Å². The first-order chi connectivity index (χ1) is 7.22. The number of hydrogen-bond donors (Lipinski definition) is 1. The zero-order valence-electron chi connectivity index (χ0n) is 8.47. The number of carbonyl (C=O) groups is 1. The summed E-state index contributed by atoms with van der Waals surface area (Å²) in [5.41, 5.74) is 0. The van der Waals surface area contributed by atoms with Crippen LogP contribution in [0.2, 0.25) is 0 Å². The summed E-state index contributed by atoms with van der Waals surface area (Å²) in [5, 5.41) is 11.2. The molecule has 1 aliphatic rings. The van der Waals surface area contributed by atoms with Crippen LogP contribution < -0.4 is 4.74 Å². The number of hydrogen-bond acceptors (Lipinski definition) is 4. The predicted molar refractivity (Wildman–Crippen MR) is 57.4 cm³/mol. The smallest absolute Gasteiger partial charge is 0.267 e. The molecule has 1 aromatic heterocycles. The van der Waals surface area contributed by atoms with Crippen molar-refractivity contribution in [1.82, 2.24) is 4.90 Å². The fraction of sp³-hybridized carbons (Fsp3) is 0.500. The summed E-state index contributed by atoms with van der Waals surface area (Å²) in [4.78, 5) is 14.3. The minimum absolute atomic E-state index is 0.0431. The number of nitrogens with zero attached hydrogens (tertiary/aromatic N) is 1. The van der Waals surface area contributed by atoms with E-state index in [-0.39, 0.29) is 12.0 Å². The monoisotopic (exact) mass is 227 g/mol. The largest absolute Gasteiger partial charge is 0.495 e. The molecule has 5 heteroatoms. The summed E-state index contributed by atoms with van der Waals surface area (Å²) >= 11 is 1.37. The van der Waals surface area contributed by atoms with Crippen molar-refractivity contribution in [3.63, 3.8) is 0 Å². The van der Waals surface area contributed by atoms with Crippen LogP contribution in [-0.4, -0.2) is 42.2 Å². The Labute approximate surface area is 92.1 Å². The van der Waals surface area contributed by atoms with E-state index in [2.05, 4.69) is 0 Å². The van der Waals surface area contributed by atoms with Crippen LogP contribution in [0.4, 0.5) is 0 Å². The number of rotatable bonds is 2. The molecule has 1 N–H and O–H groups in total. The van der Waals surface area contributed by atoms with Gasteiger partial charge in [0.05, 0.1) is 13.2 Å². The van der Waals surface area contributed by atoms with E-state index in [1.54, 1.807) is 18.1 Å². The predicted octanol–water partition coefficient (Wildman–Crippen LogP) is 0.964. The first-order valence-corrected chi connectivity index (χ1v) is 5.69. The van der Waals surface area contributed by atoms with Gasteiger partial charge in [0.1, 0.15) is 10.6 Å². The van der Waals surface area contributed by atoms with Gasteiger partial charge < -0.3 is 14.7 Å². The fourth-order valence-electron chi connectivity index (χ4n) is 1.68. The van der Waals surface area contributed by atoms with E-state index >= 15 is 0 Å². The topological polar surface area (TPSA) is 49.8 Å². The Balaban J connectivity index is 2.14. The lowest BCUT2D eigenvalue weighted by Crippen LogP contribution is -2.29. The fourth-order valence-corrected chi connectivity index (χ4v) is 2.51. The van der Waals surface area contributed by atoms with Gasteiger partial charge in [-0.15, -0.1) is 11.3 Å². The Hall–Kier alpha value is -1.07. The lowest BCUT2D eigenvalue weighted by molar-refractivity contribution is 0.0766. The molecule has 0 spiro atoms. The minimum Gasteiger partial charge on any atom is -0.495 e. The summed E-state index contributed by atoms with van der Waals surface area (Å²) < 4.78 is 5.09. The molecule has 1 aromatic rings. The van der Waals surface area contributed by atoms with Gasteiger partial charge in [0.15, 0.2) is 0 Å². The van der Waals surface area contributed by atoms with Gasteiger partial charge >= 0.3 is 0 Å². The molecular weight excluding hydrogens is 214 g/mol. The highest BCUT2D eigenvalue weighted by Crippen LogP contribution is 2.27. The molecule has 0 radical (unpaired) electrons. The van der Waals surface area contributed by atoms with Crippen molar-refractivity contribution < 1.29 is 14.6 Å². The van der Waals surface area contributed by atoms with E-state index in [1.165, 1.54) is 11.3 Å². The Morgan fingerprint density at radius 2 is 2.53 bits per heavy atom.